The maximum absolute atomic E-state index is 12.2. The minimum absolute atomic E-state index is 0.181. The van der Waals surface area contributed by atoms with Crippen molar-refractivity contribution < 1.29 is 4.79 Å². The Bertz CT molecular complexity index is 622. The van der Waals surface area contributed by atoms with Crippen LogP contribution >= 0.6 is 11.8 Å². The summed E-state index contributed by atoms with van der Waals surface area (Å²) < 4.78 is 0. The normalized spacial score (nSPS) is 10.5. The van der Waals surface area contributed by atoms with Crippen molar-refractivity contribution >= 4 is 17.7 Å². The fourth-order valence-corrected chi connectivity index (χ4v) is 3.11. The van der Waals surface area contributed by atoms with E-state index >= 15 is 0 Å². The summed E-state index contributed by atoms with van der Waals surface area (Å²) in [7, 11) is 1.88. The van der Waals surface area contributed by atoms with Gasteiger partial charge in [-0.25, -0.2) is 0 Å². The van der Waals surface area contributed by atoms with E-state index in [1.54, 1.807) is 11.8 Å². The monoisotopic (exact) mass is 313 g/mol. The summed E-state index contributed by atoms with van der Waals surface area (Å²) in [4.78, 5) is 14.0. The van der Waals surface area contributed by atoms with Gasteiger partial charge in [0.05, 0.1) is 5.75 Å². The molecule has 0 aliphatic heterocycles. The first-order chi connectivity index (χ1) is 10.6. The molecule has 0 radical (unpaired) electrons. The lowest BCUT2D eigenvalue weighted by atomic mass is 10.1. The Morgan fingerprint density at radius 3 is 2.41 bits per heavy atom. The van der Waals surface area contributed by atoms with Gasteiger partial charge in [0.2, 0.25) is 5.91 Å². The fourth-order valence-electron chi connectivity index (χ4n) is 2.18. The number of rotatable bonds is 6. The van der Waals surface area contributed by atoms with Gasteiger partial charge in [-0.2, -0.15) is 0 Å². The van der Waals surface area contributed by atoms with Gasteiger partial charge in [-0.3, -0.25) is 4.79 Å². The topological polar surface area (TPSA) is 20.3 Å². The van der Waals surface area contributed by atoms with Gasteiger partial charge in [-0.15, -0.1) is 11.8 Å². The summed E-state index contributed by atoms with van der Waals surface area (Å²) >= 11 is 1.67. The van der Waals surface area contributed by atoms with Crippen molar-refractivity contribution in [2.24, 2.45) is 0 Å². The van der Waals surface area contributed by atoms with Crippen molar-refractivity contribution in [2.45, 2.75) is 26.1 Å². The summed E-state index contributed by atoms with van der Waals surface area (Å²) in [6.45, 7) is 4.84. The molecule has 0 bridgehead atoms. The first-order valence-corrected chi connectivity index (χ1v) is 8.63. The molecule has 1 amide bonds. The highest BCUT2D eigenvalue weighted by Crippen LogP contribution is 2.15. The Hall–Kier alpha value is -1.74. The summed E-state index contributed by atoms with van der Waals surface area (Å²) in [5, 5.41) is 0. The Morgan fingerprint density at radius 1 is 1.05 bits per heavy atom. The van der Waals surface area contributed by atoms with Crippen LogP contribution in [0.2, 0.25) is 0 Å². The fraction of sp³-hybridized carbons (Fsp3) is 0.316. The molecule has 0 saturated heterocycles. The molecular weight excluding hydrogens is 290 g/mol. The summed E-state index contributed by atoms with van der Waals surface area (Å²) in [5.74, 6) is 1.58. The lowest BCUT2D eigenvalue weighted by molar-refractivity contribution is -0.127. The Labute approximate surface area is 137 Å². The SMILES string of the molecule is Cc1ccc(CSCC(=O)N(C)Cc2ccccc2C)cc1. The molecule has 0 unspecified atom stereocenters. The van der Waals surface area contributed by atoms with Crippen LogP contribution in [0.4, 0.5) is 0 Å². The molecule has 0 spiro atoms. The molecule has 2 aromatic carbocycles. The van der Waals surface area contributed by atoms with Crippen LogP contribution in [0, 0.1) is 13.8 Å². The summed E-state index contributed by atoms with van der Waals surface area (Å²) in [5.41, 5.74) is 4.98. The molecule has 0 aliphatic carbocycles. The minimum atomic E-state index is 0.181. The zero-order valence-electron chi connectivity index (χ0n) is 13.5. The van der Waals surface area contributed by atoms with E-state index in [-0.39, 0.29) is 5.91 Å². The van der Waals surface area contributed by atoms with Gasteiger partial charge in [0.1, 0.15) is 0 Å². The maximum atomic E-state index is 12.2. The third-order valence-corrected chi connectivity index (χ3v) is 4.70. The first kappa shape index (κ1) is 16.6. The lowest BCUT2D eigenvalue weighted by Crippen LogP contribution is -2.28. The van der Waals surface area contributed by atoms with Crippen LogP contribution < -0.4 is 0 Å². The lowest BCUT2D eigenvalue weighted by Gasteiger charge is -2.18. The largest absolute Gasteiger partial charge is 0.341 e. The van der Waals surface area contributed by atoms with Crippen molar-refractivity contribution in [3.8, 4) is 0 Å². The number of hydrogen-bond donors (Lipinski definition) is 0. The van der Waals surface area contributed by atoms with Gasteiger partial charge in [-0.1, -0.05) is 54.1 Å². The van der Waals surface area contributed by atoms with Crippen LogP contribution in [-0.4, -0.2) is 23.6 Å². The molecule has 3 heteroatoms. The highest BCUT2D eigenvalue weighted by molar-refractivity contribution is 7.99. The van der Waals surface area contributed by atoms with E-state index in [0.717, 1.165) is 5.75 Å². The second-order valence-electron chi connectivity index (χ2n) is 5.65. The predicted octanol–water partition coefficient (Wildman–Crippen LogP) is 4.20. The second-order valence-corrected chi connectivity index (χ2v) is 6.64. The van der Waals surface area contributed by atoms with Crippen molar-refractivity contribution in [2.75, 3.05) is 12.8 Å². The highest BCUT2D eigenvalue weighted by Gasteiger charge is 2.10. The van der Waals surface area contributed by atoms with Crippen molar-refractivity contribution in [1.29, 1.82) is 0 Å². The highest BCUT2D eigenvalue weighted by atomic mass is 32.2. The molecule has 2 nitrogen and oxygen atoms in total. The molecule has 0 N–H and O–H groups in total. The van der Waals surface area contributed by atoms with Crippen LogP contribution in [0.1, 0.15) is 22.3 Å². The number of hydrogen-bond acceptors (Lipinski definition) is 2. The maximum Gasteiger partial charge on any atom is 0.232 e. The van der Waals surface area contributed by atoms with E-state index in [1.807, 2.05) is 24.1 Å². The molecule has 2 rings (SSSR count). The average Bonchev–Trinajstić information content (AvgIpc) is 2.51. The molecule has 0 saturated carbocycles. The predicted molar refractivity (Wildman–Crippen MR) is 95.0 cm³/mol. The minimum Gasteiger partial charge on any atom is -0.341 e. The zero-order valence-corrected chi connectivity index (χ0v) is 14.3. The van der Waals surface area contributed by atoms with Crippen molar-refractivity contribution in [3.63, 3.8) is 0 Å². The van der Waals surface area contributed by atoms with E-state index in [0.29, 0.717) is 12.3 Å². The van der Waals surface area contributed by atoms with E-state index in [1.165, 1.54) is 22.3 Å². The van der Waals surface area contributed by atoms with Gasteiger partial charge in [0, 0.05) is 19.3 Å². The number of carbonyl (C=O) groups is 1. The number of amides is 1. The standard InChI is InChI=1S/C19H23NOS/c1-15-8-10-17(11-9-15)13-22-14-19(21)20(3)12-18-7-5-4-6-16(18)2/h4-11H,12-14H2,1-3H3. The number of aryl methyl sites for hydroxylation is 2. The number of benzene rings is 2. The molecule has 116 valence electrons. The van der Waals surface area contributed by atoms with E-state index in [9.17, 15) is 4.79 Å². The van der Waals surface area contributed by atoms with Crippen LogP contribution in [0.3, 0.4) is 0 Å². The van der Waals surface area contributed by atoms with Gasteiger partial charge in [0.15, 0.2) is 0 Å². The molecule has 0 atom stereocenters. The van der Waals surface area contributed by atoms with E-state index in [4.69, 9.17) is 0 Å². The molecule has 0 heterocycles. The van der Waals surface area contributed by atoms with Crippen molar-refractivity contribution in [1.82, 2.24) is 4.90 Å². The Morgan fingerprint density at radius 2 is 1.73 bits per heavy atom. The van der Waals surface area contributed by atoms with Gasteiger partial charge < -0.3 is 4.90 Å². The molecule has 0 aliphatic rings. The van der Waals surface area contributed by atoms with Crippen molar-refractivity contribution in [3.05, 3.63) is 70.8 Å². The molecule has 0 fully saturated rings. The van der Waals surface area contributed by atoms with Crippen LogP contribution in [0.15, 0.2) is 48.5 Å². The number of thioether (sulfide) groups is 1. The van der Waals surface area contributed by atoms with Crippen LogP contribution in [0.25, 0.3) is 0 Å². The second kappa shape index (κ2) is 8.04. The summed E-state index contributed by atoms with van der Waals surface area (Å²) in [6.07, 6.45) is 0. The van der Waals surface area contributed by atoms with Crippen LogP contribution in [0.5, 0.6) is 0 Å². The Balaban J connectivity index is 1.79. The zero-order chi connectivity index (χ0) is 15.9. The average molecular weight is 313 g/mol. The summed E-state index contributed by atoms with van der Waals surface area (Å²) in [6, 6.07) is 16.7. The third-order valence-electron chi connectivity index (χ3n) is 3.71. The first-order valence-electron chi connectivity index (χ1n) is 7.48. The molecular formula is C19H23NOS. The van der Waals surface area contributed by atoms with Gasteiger partial charge in [-0.05, 0) is 30.5 Å². The smallest absolute Gasteiger partial charge is 0.232 e. The van der Waals surface area contributed by atoms with Gasteiger partial charge >= 0.3 is 0 Å². The Kier molecular flexibility index (Phi) is 6.08. The third kappa shape index (κ3) is 4.92. The molecule has 2 aromatic rings. The quantitative estimate of drug-likeness (QED) is 0.797. The number of carbonyl (C=O) groups excluding carboxylic acids is 1. The van der Waals surface area contributed by atoms with Crippen LogP contribution in [-0.2, 0) is 17.1 Å². The van der Waals surface area contributed by atoms with E-state index < -0.39 is 0 Å². The molecule has 22 heavy (non-hydrogen) atoms. The van der Waals surface area contributed by atoms with E-state index in [2.05, 4.69) is 50.2 Å². The number of nitrogens with zero attached hydrogens (tertiary/aromatic N) is 1. The molecule has 0 aromatic heterocycles. The van der Waals surface area contributed by atoms with Gasteiger partial charge in [0.25, 0.3) is 0 Å².